The van der Waals surface area contributed by atoms with Gasteiger partial charge in [-0.1, -0.05) is 13.8 Å². The Morgan fingerprint density at radius 3 is 2.57 bits per heavy atom. The molecule has 0 aliphatic carbocycles. The molecule has 1 heterocycles. The van der Waals surface area contributed by atoms with Crippen LogP contribution in [0.5, 0.6) is 0 Å². The van der Waals surface area contributed by atoms with Gasteiger partial charge in [-0.2, -0.15) is 5.10 Å². The quantitative estimate of drug-likeness (QED) is 0.736. The Morgan fingerprint density at radius 2 is 2.21 bits per heavy atom. The summed E-state index contributed by atoms with van der Waals surface area (Å²) in [6.45, 7) is 5.92. The molecule has 0 fully saturated rings. The minimum atomic E-state index is 0.241. The van der Waals surface area contributed by atoms with Gasteiger partial charge in [0.15, 0.2) is 0 Å². The van der Waals surface area contributed by atoms with Gasteiger partial charge in [-0.3, -0.25) is 4.68 Å². The summed E-state index contributed by atoms with van der Waals surface area (Å²) in [5.41, 5.74) is 1.15. The van der Waals surface area contributed by atoms with Crippen LogP contribution in [-0.4, -0.2) is 15.6 Å². The Kier molecular flexibility index (Phi) is 3.44. The number of aromatic nitrogens is 2. The van der Waals surface area contributed by atoms with Gasteiger partial charge in [0.25, 0.3) is 0 Å². The van der Waals surface area contributed by atoms with Gasteiger partial charge < -0.3 is 4.79 Å². The topological polar surface area (TPSA) is 34.9 Å². The van der Waals surface area contributed by atoms with Crippen LogP contribution in [0.3, 0.4) is 0 Å². The fourth-order valence-electron chi connectivity index (χ4n) is 1.74. The highest BCUT2D eigenvalue weighted by molar-refractivity contribution is 5.76. The lowest BCUT2D eigenvalue weighted by atomic mass is 9.88. The molecule has 1 rings (SSSR count). The number of carbonyl (C=O) groups is 1. The van der Waals surface area contributed by atoms with Gasteiger partial charge in [-0.15, -0.1) is 0 Å². The summed E-state index contributed by atoms with van der Waals surface area (Å²) in [5, 5.41) is 4.13. The van der Waals surface area contributed by atoms with Crippen LogP contribution in [0.1, 0.15) is 38.8 Å². The monoisotopic (exact) mass is 194 g/mol. The molecule has 0 saturated carbocycles. The second kappa shape index (κ2) is 4.40. The number of Topliss-reactive ketones (excluding diaryl/α,β-unsaturated/α-hetero) is 1. The zero-order chi connectivity index (χ0) is 10.7. The summed E-state index contributed by atoms with van der Waals surface area (Å²) in [6, 6.07) is 1.99. The predicted molar refractivity (Wildman–Crippen MR) is 56.1 cm³/mol. The van der Waals surface area contributed by atoms with E-state index in [1.54, 1.807) is 13.1 Å². The van der Waals surface area contributed by atoms with Crippen molar-refractivity contribution >= 4 is 5.78 Å². The Bertz CT molecular complexity index is 315. The summed E-state index contributed by atoms with van der Waals surface area (Å²) in [5.74, 6) is 0.999. The van der Waals surface area contributed by atoms with Crippen molar-refractivity contribution in [3.8, 4) is 0 Å². The summed E-state index contributed by atoms with van der Waals surface area (Å²) >= 11 is 0. The Morgan fingerprint density at radius 1 is 1.57 bits per heavy atom. The molecule has 1 unspecified atom stereocenters. The van der Waals surface area contributed by atoms with E-state index in [1.165, 1.54) is 0 Å². The van der Waals surface area contributed by atoms with E-state index in [9.17, 15) is 4.79 Å². The fourth-order valence-corrected chi connectivity index (χ4v) is 1.74. The lowest BCUT2D eigenvalue weighted by molar-refractivity contribution is -0.117. The second-order valence-corrected chi connectivity index (χ2v) is 4.14. The highest BCUT2D eigenvalue weighted by Gasteiger charge is 2.20. The van der Waals surface area contributed by atoms with Crippen molar-refractivity contribution in [1.29, 1.82) is 0 Å². The van der Waals surface area contributed by atoms with E-state index in [0.29, 0.717) is 18.3 Å². The number of hydrogen-bond donors (Lipinski definition) is 0. The van der Waals surface area contributed by atoms with E-state index >= 15 is 0 Å². The molecule has 0 aliphatic heterocycles. The molecular weight excluding hydrogens is 176 g/mol. The average molecular weight is 194 g/mol. The van der Waals surface area contributed by atoms with Crippen molar-refractivity contribution in [3.63, 3.8) is 0 Å². The third-order valence-electron chi connectivity index (χ3n) is 2.55. The molecule has 3 heteroatoms. The number of nitrogens with zero attached hydrogens (tertiary/aromatic N) is 2. The first-order valence-electron chi connectivity index (χ1n) is 4.99. The normalized spacial score (nSPS) is 13.2. The molecule has 0 spiro atoms. The van der Waals surface area contributed by atoms with E-state index < -0.39 is 0 Å². The van der Waals surface area contributed by atoms with Gasteiger partial charge in [0.1, 0.15) is 5.78 Å². The van der Waals surface area contributed by atoms with Gasteiger partial charge in [0, 0.05) is 31.3 Å². The van der Waals surface area contributed by atoms with Crippen LogP contribution in [0.25, 0.3) is 0 Å². The highest BCUT2D eigenvalue weighted by Crippen LogP contribution is 2.27. The summed E-state index contributed by atoms with van der Waals surface area (Å²) < 4.78 is 1.85. The minimum Gasteiger partial charge on any atom is -0.300 e. The van der Waals surface area contributed by atoms with Gasteiger partial charge in [0.2, 0.25) is 0 Å². The summed E-state index contributed by atoms with van der Waals surface area (Å²) in [4.78, 5) is 11.1. The van der Waals surface area contributed by atoms with E-state index in [2.05, 4.69) is 18.9 Å². The lowest BCUT2D eigenvalue weighted by Gasteiger charge is -2.19. The molecule has 1 aromatic rings. The van der Waals surface area contributed by atoms with Crippen molar-refractivity contribution < 1.29 is 4.79 Å². The predicted octanol–water partition coefficient (Wildman–Crippen LogP) is 2.14. The van der Waals surface area contributed by atoms with E-state index in [-0.39, 0.29) is 5.78 Å². The Labute approximate surface area is 85.1 Å². The highest BCUT2D eigenvalue weighted by atomic mass is 16.1. The molecule has 1 aromatic heterocycles. The minimum absolute atomic E-state index is 0.241. The SMILES string of the molecule is CC(=O)CC(c1ccnn1C)C(C)C. The van der Waals surface area contributed by atoms with Gasteiger partial charge >= 0.3 is 0 Å². The third kappa shape index (κ3) is 2.44. The molecule has 0 amide bonds. The lowest BCUT2D eigenvalue weighted by Crippen LogP contribution is -2.14. The molecule has 1 atom stereocenters. The zero-order valence-corrected chi connectivity index (χ0v) is 9.32. The van der Waals surface area contributed by atoms with Crippen LogP contribution < -0.4 is 0 Å². The maximum Gasteiger partial charge on any atom is 0.130 e. The van der Waals surface area contributed by atoms with Crippen molar-refractivity contribution in [2.45, 2.75) is 33.1 Å². The molecule has 0 radical (unpaired) electrons. The van der Waals surface area contributed by atoms with E-state index in [0.717, 1.165) is 5.69 Å². The van der Waals surface area contributed by atoms with Crippen LogP contribution in [0, 0.1) is 5.92 Å². The molecule has 0 aliphatic rings. The largest absolute Gasteiger partial charge is 0.300 e. The second-order valence-electron chi connectivity index (χ2n) is 4.14. The Hall–Kier alpha value is -1.12. The van der Waals surface area contributed by atoms with Crippen LogP contribution in [0.4, 0.5) is 0 Å². The number of carbonyl (C=O) groups excluding carboxylic acids is 1. The molecule has 78 valence electrons. The van der Waals surface area contributed by atoms with Crippen molar-refractivity contribution in [3.05, 3.63) is 18.0 Å². The van der Waals surface area contributed by atoms with Crippen LogP contribution in [0.2, 0.25) is 0 Å². The Balaban J connectivity index is 2.88. The smallest absolute Gasteiger partial charge is 0.130 e. The van der Waals surface area contributed by atoms with Crippen LogP contribution in [-0.2, 0) is 11.8 Å². The standard InChI is InChI=1S/C11H18N2O/c1-8(2)10(7-9(3)14)11-5-6-12-13(11)4/h5-6,8,10H,7H2,1-4H3. The van der Waals surface area contributed by atoms with Gasteiger partial charge in [-0.25, -0.2) is 0 Å². The molecular formula is C11H18N2O. The molecule has 3 nitrogen and oxygen atoms in total. The van der Waals surface area contributed by atoms with E-state index in [4.69, 9.17) is 0 Å². The maximum absolute atomic E-state index is 11.1. The molecule has 0 saturated heterocycles. The van der Waals surface area contributed by atoms with Crippen molar-refractivity contribution in [2.24, 2.45) is 13.0 Å². The molecule has 0 N–H and O–H groups in total. The van der Waals surface area contributed by atoms with Crippen LogP contribution in [0.15, 0.2) is 12.3 Å². The van der Waals surface area contributed by atoms with Crippen LogP contribution >= 0.6 is 0 Å². The average Bonchev–Trinajstić information content (AvgIpc) is 2.46. The zero-order valence-electron chi connectivity index (χ0n) is 9.32. The maximum atomic E-state index is 11.1. The molecule has 0 bridgehead atoms. The fraction of sp³-hybridized carbons (Fsp3) is 0.636. The number of ketones is 1. The first kappa shape index (κ1) is 11.0. The first-order chi connectivity index (χ1) is 6.52. The van der Waals surface area contributed by atoms with Crippen molar-refractivity contribution in [1.82, 2.24) is 9.78 Å². The number of rotatable bonds is 4. The van der Waals surface area contributed by atoms with Gasteiger partial charge in [-0.05, 0) is 18.9 Å². The van der Waals surface area contributed by atoms with Crippen molar-refractivity contribution in [2.75, 3.05) is 0 Å². The van der Waals surface area contributed by atoms with E-state index in [1.807, 2.05) is 17.8 Å². The third-order valence-corrected chi connectivity index (χ3v) is 2.55. The number of aryl methyl sites for hydroxylation is 1. The summed E-state index contributed by atoms with van der Waals surface area (Å²) in [6.07, 6.45) is 2.39. The molecule has 0 aromatic carbocycles. The number of hydrogen-bond acceptors (Lipinski definition) is 2. The molecule has 14 heavy (non-hydrogen) atoms. The summed E-state index contributed by atoms with van der Waals surface area (Å²) in [7, 11) is 1.92. The van der Waals surface area contributed by atoms with Gasteiger partial charge in [0.05, 0.1) is 0 Å². The first-order valence-corrected chi connectivity index (χ1v) is 4.99.